The van der Waals surface area contributed by atoms with Crippen molar-refractivity contribution < 1.29 is 26.4 Å². The van der Waals surface area contributed by atoms with Crippen molar-refractivity contribution in [3.05, 3.63) is 54.6 Å². The van der Waals surface area contributed by atoms with Gasteiger partial charge >= 0.3 is 0 Å². The fourth-order valence-electron chi connectivity index (χ4n) is 3.51. The Balaban J connectivity index is 1.67. The van der Waals surface area contributed by atoms with Gasteiger partial charge in [-0.25, -0.2) is 16.8 Å². The SMILES string of the molecule is CC(C)Oc1ccc(N(CC(=O)N2CCN(S(=O)(=O)c3ccccc3)CC2)S(C)(=O)=O)cc1. The maximum absolute atomic E-state index is 12.9. The van der Waals surface area contributed by atoms with Crippen LogP contribution in [0, 0.1) is 0 Å². The molecule has 1 fully saturated rings. The van der Waals surface area contributed by atoms with Crippen LogP contribution in [-0.2, 0) is 24.8 Å². The van der Waals surface area contributed by atoms with Crippen molar-refractivity contribution in [1.82, 2.24) is 9.21 Å². The zero-order valence-electron chi connectivity index (χ0n) is 18.9. The molecule has 180 valence electrons. The van der Waals surface area contributed by atoms with E-state index in [1.807, 2.05) is 13.8 Å². The standard InChI is InChI=1S/C22H29N3O6S2/c1-18(2)31-20-11-9-19(10-12-20)25(32(3,27)28)17-22(26)23-13-15-24(16-14-23)33(29,30)21-7-5-4-6-8-21/h4-12,18H,13-17H2,1-3H3. The molecule has 2 aromatic carbocycles. The van der Waals surface area contributed by atoms with Crippen LogP contribution in [0.15, 0.2) is 59.5 Å². The van der Waals surface area contributed by atoms with E-state index in [-0.39, 0.29) is 49.6 Å². The van der Waals surface area contributed by atoms with Gasteiger partial charge in [0.1, 0.15) is 12.3 Å². The van der Waals surface area contributed by atoms with Crippen LogP contribution in [0.1, 0.15) is 13.8 Å². The average molecular weight is 496 g/mol. The first-order valence-corrected chi connectivity index (χ1v) is 13.8. The first-order chi connectivity index (χ1) is 15.5. The Morgan fingerprint density at radius 2 is 1.52 bits per heavy atom. The van der Waals surface area contributed by atoms with Gasteiger partial charge in [0.2, 0.25) is 26.0 Å². The molecular weight excluding hydrogens is 466 g/mol. The fourth-order valence-corrected chi connectivity index (χ4v) is 5.80. The van der Waals surface area contributed by atoms with E-state index < -0.39 is 20.0 Å². The summed E-state index contributed by atoms with van der Waals surface area (Å²) in [6, 6.07) is 14.6. The van der Waals surface area contributed by atoms with Crippen LogP contribution in [0.4, 0.5) is 5.69 Å². The van der Waals surface area contributed by atoms with E-state index in [1.54, 1.807) is 42.5 Å². The van der Waals surface area contributed by atoms with Crippen LogP contribution in [0.3, 0.4) is 0 Å². The molecule has 0 aromatic heterocycles. The van der Waals surface area contributed by atoms with Gasteiger partial charge in [-0.15, -0.1) is 0 Å². The number of amides is 1. The molecule has 33 heavy (non-hydrogen) atoms. The van der Waals surface area contributed by atoms with E-state index in [1.165, 1.54) is 21.3 Å². The summed E-state index contributed by atoms with van der Waals surface area (Å²) in [4.78, 5) is 14.6. The molecule has 1 aliphatic rings. The van der Waals surface area contributed by atoms with Crippen LogP contribution >= 0.6 is 0 Å². The van der Waals surface area contributed by atoms with Gasteiger partial charge < -0.3 is 9.64 Å². The van der Waals surface area contributed by atoms with Crippen molar-refractivity contribution in [1.29, 1.82) is 0 Å². The zero-order valence-corrected chi connectivity index (χ0v) is 20.5. The van der Waals surface area contributed by atoms with Crippen molar-refractivity contribution in [3.8, 4) is 5.75 Å². The van der Waals surface area contributed by atoms with E-state index >= 15 is 0 Å². The van der Waals surface area contributed by atoms with Gasteiger partial charge in [-0.2, -0.15) is 4.31 Å². The number of ether oxygens (including phenoxy) is 1. The van der Waals surface area contributed by atoms with E-state index in [9.17, 15) is 21.6 Å². The third kappa shape index (κ3) is 6.24. The van der Waals surface area contributed by atoms with Crippen molar-refractivity contribution >= 4 is 31.6 Å². The molecule has 0 spiro atoms. The Morgan fingerprint density at radius 3 is 2.03 bits per heavy atom. The lowest BCUT2D eigenvalue weighted by molar-refractivity contribution is -0.130. The Bertz CT molecular complexity index is 1160. The van der Waals surface area contributed by atoms with E-state index in [0.717, 1.165) is 10.6 Å². The molecule has 0 saturated carbocycles. The summed E-state index contributed by atoms with van der Waals surface area (Å²) >= 11 is 0. The number of piperazine rings is 1. The Kier molecular flexibility index (Phi) is 7.65. The molecule has 3 rings (SSSR count). The molecule has 0 radical (unpaired) electrons. The molecule has 0 N–H and O–H groups in total. The second kappa shape index (κ2) is 10.1. The first-order valence-electron chi connectivity index (χ1n) is 10.6. The molecule has 1 aliphatic heterocycles. The highest BCUT2D eigenvalue weighted by Crippen LogP contribution is 2.23. The normalized spacial score (nSPS) is 15.5. The lowest BCUT2D eigenvalue weighted by Crippen LogP contribution is -2.53. The van der Waals surface area contributed by atoms with Crippen LogP contribution in [-0.4, -0.2) is 77.0 Å². The van der Waals surface area contributed by atoms with Crippen LogP contribution in [0.2, 0.25) is 0 Å². The summed E-state index contributed by atoms with van der Waals surface area (Å²) in [6.07, 6.45) is 1.02. The maximum Gasteiger partial charge on any atom is 0.243 e. The summed E-state index contributed by atoms with van der Waals surface area (Å²) in [6.45, 7) is 4.06. The highest BCUT2D eigenvalue weighted by Gasteiger charge is 2.31. The molecule has 0 bridgehead atoms. The van der Waals surface area contributed by atoms with Gasteiger partial charge in [-0.3, -0.25) is 9.10 Å². The third-order valence-electron chi connectivity index (χ3n) is 5.15. The number of sulfonamides is 2. The molecule has 1 amide bonds. The number of anilines is 1. The predicted octanol–water partition coefficient (Wildman–Crippen LogP) is 1.77. The second-order valence-electron chi connectivity index (χ2n) is 8.03. The molecule has 0 atom stereocenters. The van der Waals surface area contributed by atoms with E-state index in [0.29, 0.717) is 11.4 Å². The van der Waals surface area contributed by atoms with Gasteiger partial charge in [0.15, 0.2) is 0 Å². The van der Waals surface area contributed by atoms with Gasteiger partial charge in [0, 0.05) is 26.2 Å². The second-order valence-corrected chi connectivity index (χ2v) is 11.9. The Morgan fingerprint density at radius 1 is 0.939 bits per heavy atom. The molecule has 9 nitrogen and oxygen atoms in total. The topological polar surface area (TPSA) is 104 Å². The largest absolute Gasteiger partial charge is 0.491 e. The zero-order chi connectivity index (χ0) is 24.2. The third-order valence-corrected chi connectivity index (χ3v) is 8.20. The number of hydrogen-bond donors (Lipinski definition) is 0. The predicted molar refractivity (Wildman–Crippen MR) is 126 cm³/mol. The summed E-state index contributed by atoms with van der Waals surface area (Å²) in [5.74, 6) is 0.212. The molecule has 1 heterocycles. The Labute approximate surface area is 195 Å². The number of carbonyl (C=O) groups is 1. The molecular formula is C22H29N3O6S2. The highest BCUT2D eigenvalue weighted by atomic mass is 32.2. The Hall–Kier alpha value is -2.63. The van der Waals surface area contributed by atoms with Crippen LogP contribution in [0.5, 0.6) is 5.75 Å². The smallest absolute Gasteiger partial charge is 0.243 e. The minimum atomic E-state index is -3.72. The van der Waals surface area contributed by atoms with Crippen LogP contribution in [0.25, 0.3) is 0 Å². The quantitative estimate of drug-likeness (QED) is 0.553. The monoisotopic (exact) mass is 495 g/mol. The number of hydrogen-bond acceptors (Lipinski definition) is 6. The molecule has 0 unspecified atom stereocenters. The summed E-state index contributed by atoms with van der Waals surface area (Å²) in [7, 11) is -7.36. The van der Waals surface area contributed by atoms with E-state index in [2.05, 4.69) is 0 Å². The molecule has 0 aliphatic carbocycles. The first kappa shape index (κ1) is 25.0. The van der Waals surface area contributed by atoms with Gasteiger partial charge in [-0.1, -0.05) is 18.2 Å². The highest BCUT2D eigenvalue weighted by molar-refractivity contribution is 7.92. The van der Waals surface area contributed by atoms with Gasteiger partial charge in [0.05, 0.1) is 22.9 Å². The van der Waals surface area contributed by atoms with Crippen molar-refractivity contribution in [2.75, 3.05) is 43.3 Å². The van der Waals surface area contributed by atoms with Crippen molar-refractivity contribution in [2.45, 2.75) is 24.8 Å². The molecule has 2 aromatic rings. The lowest BCUT2D eigenvalue weighted by atomic mass is 10.3. The van der Waals surface area contributed by atoms with Gasteiger partial charge in [0.25, 0.3) is 0 Å². The summed E-state index contributed by atoms with van der Waals surface area (Å²) < 4.78 is 58.3. The lowest BCUT2D eigenvalue weighted by Gasteiger charge is -2.35. The van der Waals surface area contributed by atoms with E-state index in [4.69, 9.17) is 4.74 Å². The van der Waals surface area contributed by atoms with Crippen molar-refractivity contribution in [2.24, 2.45) is 0 Å². The van der Waals surface area contributed by atoms with Gasteiger partial charge in [-0.05, 0) is 50.2 Å². The van der Waals surface area contributed by atoms with Crippen LogP contribution < -0.4 is 9.04 Å². The maximum atomic E-state index is 12.9. The molecule has 11 heteroatoms. The average Bonchev–Trinajstić information content (AvgIpc) is 2.77. The summed E-state index contributed by atoms with van der Waals surface area (Å²) in [5.41, 5.74) is 0.354. The minimum absolute atomic E-state index is 0.0205. The summed E-state index contributed by atoms with van der Waals surface area (Å²) in [5, 5.41) is 0. The number of benzene rings is 2. The fraction of sp³-hybridized carbons (Fsp3) is 0.409. The number of carbonyl (C=O) groups excluding carboxylic acids is 1. The number of rotatable bonds is 8. The number of nitrogens with zero attached hydrogens (tertiary/aromatic N) is 3. The van der Waals surface area contributed by atoms with Crippen molar-refractivity contribution in [3.63, 3.8) is 0 Å². The molecule has 1 saturated heterocycles. The minimum Gasteiger partial charge on any atom is -0.491 e.